The smallest absolute Gasteiger partial charge is 0.387 e. The molecule has 0 radical (unpaired) electrons. The fraction of sp³-hybridized carbons (Fsp3) is 0.588. The summed E-state index contributed by atoms with van der Waals surface area (Å²) in [6.07, 6.45) is 2.51. The van der Waals surface area contributed by atoms with Crippen LogP contribution in [0.2, 0.25) is 5.02 Å². The van der Waals surface area contributed by atoms with Gasteiger partial charge in [-0.3, -0.25) is 4.99 Å². The second-order valence-corrected chi connectivity index (χ2v) is 6.74. The Bertz CT molecular complexity index is 592. The molecule has 2 rings (SSSR count). The van der Waals surface area contributed by atoms with Crippen LogP contribution in [0.3, 0.4) is 0 Å². The SMILES string of the molecule is CN=C(NCc1cc(Cl)ccc1OC(F)F)NCC(C1CC1)N(C)C. The van der Waals surface area contributed by atoms with Gasteiger partial charge in [0.2, 0.25) is 0 Å². The summed E-state index contributed by atoms with van der Waals surface area (Å²) in [7, 11) is 5.81. The van der Waals surface area contributed by atoms with Crippen molar-refractivity contribution < 1.29 is 13.5 Å². The standard InChI is InChI=1S/C17H25ClF2N4O/c1-21-17(23-10-14(24(2)3)11-4-5-11)22-9-12-8-13(18)6-7-15(12)25-16(19)20/h6-8,11,14,16H,4-5,9-10H2,1-3H3,(H2,21,22,23). The van der Waals surface area contributed by atoms with Crippen molar-refractivity contribution in [2.75, 3.05) is 27.7 Å². The van der Waals surface area contributed by atoms with Gasteiger partial charge in [0.15, 0.2) is 5.96 Å². The third kappa shape index (κ3) is 6.32. The molecule has 1 saturated carbocycles. The highest BCUT2D eigenvalue weighted by Gasteiger charge is 2.32. The van der Waals surface area contributed by atoms with E-state index in [4.69, 9.17) is 11.6 Å². The van der Waals surface area contributed by atoms with Crippen LogP contribution in [0, 0.1) is 5.92 Å². The second kappa shape index (κ2) is 9.20. The van der Waals surface area contributed by atoms with Crippen LogP contribution >= 0.6 is 11.6 Å². The third-order valence-electron chi connectivity index (χ3n) is 4.22. The van der Waals surface area contributed by atoms with Gasteiger partial charge in [-0.05, 0) is 51.1 Å². The molecule has 1 aromatic rings. The van der Waals surface area contributed by atoms with E-state index in [1.165, 1.54) is 25.0 Å². The number of hydrogen-bond acceptors (Lipinski definition) is 3. The summed E-state index contributed by atoms with van der Waals surface area (Å²) in [6.45, 7) is -1.83. The van der Waals surface area contributed by atoms with E-state index in [1.54, 1.807) is 13.1 Å². The number of likely N-dealkylation sites (N-methyl/N-ethyl adjacent to an activating group) is 1. The highest BCUT2D eigenvalue weighted by atomic mass is 35.5. The maximum atomic E-state index is 12.5. The molecule has 1 atom stereocenters. The number of guanidine groups is 1. The van der Waals surface area contributed by atoms with Gasteiger partial charge in [-0.15, -0.1) is 0 Å². The van der Waals surface area contributed by atoms with E-state index >= 15 is 0 Å². The lowest BCUT2D eigenvalue weighted by Gasteiger charge is -2.25. The zero-order valence-corrected chi connectivity index (χ0v) is 15.5. The van der Waals surface area contributed by atoms with E-state index in [9.17, 15) is 8.78 Å². The van der Waals surface area contributed by atoms with Crippen LogP contribution in [0.5, 0.6) is 5.75 Å². The molecule has 0 spiro atoms. The van der Waals surface area contributed by atoms with E-state index in [1.807, 2.05) is 0 Å². The molecule has 0 heterocycles. The third-order valence-corrected chi connectivity index (χ3v) is 4.45. The fourth-order valence-corrected chi connectivity index (χ4v) is 2.94. The first kappa shape index (κ1) is 19.7. The van der Waals surface area contributed by atoms with E-state index < -0.39 is 6.61 Å². The molecule has 0 saturated heterocycles. The number of aliphatic imine (C=N–C) groups is 1. The Morgan fingerprint density at radius 3 is 2.64 bits per heavy atom. The van der Waals surface area contributed by atoms with Crippen LogP contribution in [0.15, 0.2) is 23.2 Å². The van der Waals surface area contributed by atoms with Crippen molar-refractivity contribution in [1.82, 2.24) is 15.5 Å². The molecule has 1 aliphatic carbocycles. The Balaban J connectivity index is 1.93. The summed E-state index contributed by atoms with van der Waals surface area (Å²) in [4.78, 5) is 6.39. The van der Waals surface area contributed by atoms with Crippen molar-refractivity contribution >= 4 is 17.6 Å². The maximum absolute atomic E-state index is 12.5. The van der Waals surface area contributed by atoms with Crippen LogP contribution in [0.1, 0.15) is 18.4 Å². The summed E-state index contributed by atoms with van der Waals surface area (Å²) in [5.74, 6) is 1.43. The van der Waals surface area contributed by atoms with Crippen LogP contribution < -0.4 is 15.4 Å². The number of nitrogens with zero attached hydrogens (tertiary/aromatic N) is 2. The largest absolute Gasteiger partial charge is 0.434 e. The molecule has 1 fully saturated rings. The van der Waals surface area contributed by atoms with Crippen molar-refractivity contribution in [3.63, 3.8) is 0 Å². The number of ether oxygens (including phenoxy) is 1. The molecular weight excluding hydrogens is 350 g/mol. The Hall–Kier alpha value is -1.60. The predicted octanol–water partition coefficient (Wildman–Crippen LogP) is 2.95. The summed E-state index contributed by atoms with van der Waals surface area (Å²) < 4.78 is 29.6. The van der Waals surface area contributed by atoms with Crippen molar-refractivity contribution in [3.8, 4) is 5.75 Å². The molecule has 25 heavy (non-hydrogen) atoms. The van der Waals surface area contributed by atoms with Crippen molar-refractivity contribution in [1.29, 1.82) is 0 Å². The molecule has 1 unspecified atom stereocenters. The minimum atomic E-state index is -2.88. The van der Waals surface area contributed by atoms with Gasteiger partial charge in [0.05, 0.1) is 0 Å². The maximum Gasteiger partial charge on any atom is 0.387 e. The molecule has 0 aromatic heterocycles. The number of nitrogens with one attached hydrogen (secondary N) is 2. The van der Waals surface area contributed by atoms with Gasteiger partial charge in [-0.25, -0.2) is 0 Å². The minimum absolute atomic E-state index is 0.103. The molecular formula is C17H25ClF2N4O. The first-order chi connectivity index (χ1) is 11.9. The van der Waals surface area contributed by atoms with Crippen molar-refractivity contribution in [2.45, 2.75) is 32.0 Å². The average molecular weight is 375 g/mol. The number of hydrogen-bond donors (Lipinski definition) is 2. The number of halogens is 3. The van der Waals surface area contributed by atoms with E-state index in [-0.39, 0.29) is 12.3 Å². The van der Waals surface area contributed by atoms with Crippen LogP contribution in [-0.4, -0.2) is 51.2 Å². The highest BCUT2D eigenvalue weighted by molar-refractivity contribution is 6.30. The molecule has 1 aromatic carbocycles. The topological polar surface area (TPSA) is 48.9 Å². The zero-order valence-electron chi connectivity index (χ0n) is 14.7. The first-order valence-electron chi connectivity index (χ1n) is 8.25. The minimum Gasteiger partial charge on any atom is -0.434 e. The highest BCUT2D eigenvalue weighted by Crippen LogP contribution is 2.34. The summed E-state index contributed by atoms with van der Waals surface area (Å²) in [5, 5.41) is 6.87. The lowest BCUT2D eigenvalue weighted by Crippen LogP contribution is -2.45. The molecule has 0 bridgehead atoms. The molecule has 8 heteroatoms. The molecule has 2 N–H and O–H groups in total. The second-order valence-electron chi connectivity index (χ2n) is 6.31. The number of alkyl halides is 2. The van der Waals surface area contributed by atoms with Gasteiger partial charge in [-0.2, -0.15) is 8.78 Å². The fourth-order valence-electron chi connectivity index (χ4n) is 2.75. The summed E-state index contributed by atoms with van der Waals surface area (Å²) in [6, 6.07) is 5.01. The van der Waals surface area contributed by atoms with E-state index in [0.717, 1.165) is 12.5 Å². The zero-order chi connectivity index (χ0) is 18.4. The van der Waals surface area contributed by atoms with Crippen LogP contribution in [-0.2, 0) is 6.54 Å². The van der Waals surface area contributed by atoms with Gasteiger partial charge >= 0.3 is 6.61 Å². The Labute approximate surface area is 152 Å². The molecule has 140 valence electrons. The van der Waals surface area contributed by atoms with Crippen LogP contribution in [0.4, 0.5) is 8.78 Å². The summed E-state index contributed by atoms with van der Waals surface area (Å²) in [5.41, 5.74) is 0.544. The van der Waals surface area contributed by atoms with Gasteiger partial charge < -0.3 is 20.3 Å². The molecule has 1 aliphatic rings. The average Bonchev–Trinajstić information content (AvgIpc) is 3.37. The lowest BCUT2D eigenvalue weighted by atomic mass is 10.1. The first-order valence-corrected chi connectivity index (χ1v) is 8.62. The van der Waals surface area contributed by atoms with Crippen molar-refractivity contribution in [2.24, 2.45) is 10.9 Å². The lowest BCUT2D eigenvalue weighted by molar-refractivity contribution is -0.0504. The normalized spacial score (nSPS) is 16.2. The quantitative estimate of drug-likeness (QED) is 0.542. The number of benzene rings is 1. The van der Waals surface area contributed by atoms with E-state index in [2.05, 4.69) is 39.4 Å². The molecule has 0 amide bonds. The van der Waals surface area contributed by atoms with Crippen LogP contribution in [0.25, 0.3) is 0 Å². The Morgan fingerprint density at radius 2 is 2.08 bits per heavy atom. The van der Waals surface area contributed by atoms with Gasteiger partial charge in [0.25, 0.3) is 0 Å². The van der Waals surface area contributed by atoms with Gasteiger partial charge in [-0.1, -0.05) is 11.6 Å². The predicted molar refractivity (Wildman–Crippen MR) is 96.5 cm³/mol. The number of rotatable bonds is 8. The summed E-state index contributed by atoms with van der Waals surface area (Å²) >= 11 is 5.96. The molecule has 0 aliphatic heterocycles. The van der Waals surface area contributed by atoms with Crippen molar-refractivity contribution in [3.05, 3.63) is 28.8 Å². The Kier molecular flexibility index (Phi) is 7.25. The Morgan fingerprint density at radius 1 is 1.36 bits per heavy atom. The molecule has 5 nitrogen and oxygen atoms in total. The monoisotopic (exact) mass is 374 g/mol. The van der Waals surface area contributed by atoms with Gasteiger partial charge in [0.1, 0.15) is 5.75 Å². The van der Waals surface area contributed by atoms with Gasteiger partial charge in [0, 0.05) is 36.8 Å². The van der Waals surface area contributed by atoms with E-state index in [0.29, 0.717) is 22.6 Å².